The van der Waals surface area contributed by atoms with Crippen molar-refractivity contribution in [2.75, 3.05) is 57.4 Å². The van der Waals surface area contributed by atoms with Gasteiger partial charge in [0.1, 0.15) is 0 Å². The Balaban J connectivity index is 1.01. The minimum absolute atomic E-state index is 0.0326. The summed E-state index contributed by atoms with van der Waals surface area (Å²) in [5.74, 6) is 1.62. The molecule has 0 bridgehead atoms. The lowest BCUT2D eigenvalue weighted by molar-refractivity contribution is -0.134. The molecule has 230 valence electrons. The fourth-order valence-corrected chi connectivity index (χ4v) is 6.98. The van der Waals surface area contributed by atoms with Gasteiger partial charge in [0.05, 0.1) is 35.1 Å². The molecule has 0 radical (unpaired) electrons. The van der Waals surface area contributed by atoms with E-state index in [1.165, 1.54) is 11.0 Å². The van der Waals surface area contributed by atoms with Crippen LogP contribution >= 0.6 is 11.3 Å². The van der Waals surface area contributed by atoms with Crippen molar-refractivity contribution >= 4 is 56.0 Å². The smallest absolute Gasteiger partial charge is 0.223 e. The predicted molar refractivity (Wildman–Crippen MR) is 175 cm³/mol. The van der Waals surface area contributed by atoms with E-state index >= 15 is 0 Å². The third kappa shape index (κ3) is 6.63. The van der Waals surface area contributed by atoms with Crippen LogP contribution in [0, 0.1) is 0 Å². The number of nitrogens with zero attached hydrogens (tertiary/aromatic N) is 7. The van der Waals surface area contributed by atoms with Gasteiger partial charge in [0.25, 0.3) is 0 Å². The van der Waals surface area contributed by atoms with Crippen molar-refractivity contribution in [1.82, 2.24) is 34.9 Å². The molecule has 7 rings (SSSR count). The van der Waals surface area contributed by atoms with E-state index in [2.05, 4.69) is 31.0 Å². The first kappa shape index (κ1) is 29.2. The number of thiophene rings is 1. The maximum atomic E-state index is 12.8. The highest BCUT2D eigenvalue weighted by Crippen LogP contribution is 2.36. The van der Waals surface area contributed by atoms with Gasteiger partial charge in [0.15, 0.2) is 17.4 Å². The zero-order valence-electron chi connectivity index (χ0n) is 24.9. The van der Waals surface area contributed by atoms with Crippen LogP contribution in [0.1, 0.15) is 23.3 Å². The average molecular weight is 623 g/mol. The topological polar surface area (TPSA) is 120 Å². The number of pyridine rings is 1. The number of anilines is 1. The van der Waals surface area contributed by atoms with E-state index in [9.17, 15) is 9.59 Å². The molecule has 2 aliphatic heterocycles. The molecule has 45 heavy (non-hydrogen) atoms. The second-order valence-electron chi connectivity index (χ2n) is 11.3. The summed E-state index contributed by atoms with van der Waals surface area (Å²) in [6.45, 7) is 6.59. The van der Waals surface area contributed by atoms with Gasteiger partial charge in [-0.3, -0.25) is 24.6 Å². The predicted octanol–water partition coefficient (Wildman–Crippen LogP) is 4.17. The molecule has 2 aliphatic rings. The first-order valence-corrected chi connectivity index (χ1v) is 16.1. The second kappa shape index (κ2) is 13.2. The van der Waals surface area contributed by atoms with Gasteiger partial charge in [-0.2, -0.15) is 5.10 Å². The standard InChI is InChI=1S/C33H34N8O3S/c42-24(7-6-23-3-2-10-34-20-23)8-9-30(43)40-13-11-39(12-14-40)22-25-19-29-31(45-25)33(41-15-17-44-18-16-41)37-32(36-29)26-4-1-5-28-27(26)21-35-38-28/h1-7,10,19-21H,8-9,11-18,22H2,(H,35,38)/b7-6+. The Bertz CT molecular complexity index is 1840. The fraction of sp³-hybridized carbons (Fsp3) is 0.333. The molecule has 0 atom stereocenters. The number of carbonyl (C=O) groups excluding carboxylic acids is 2. The summed E-state index contributed by atoms with van der Waals surface area (Å²) in [6.07, 6.45) is 8.92. The minimum Gasteiger partial charge on any atom is -0.378 e. The summed E-state index contributed by atoms with van der Waals surface area (Å²) in [5.41, 5.74) is 3.72. The number of carbonyl (C=O) groups is 2. The fourth-order valence-electron chi connectivity index (χ4n) is 5.83. The van der Waals surface area contributed by atoms with Crippen LogP contribution in [-0.4, -0.2) is 99.1 Å². The molecule has 1 amide bonds. The normalized spacial score (nSPS) is 16.3. The number of nitrogens with one attached hydrogen (secondary N) is 1. The molecule has 2 saturated heterocycles. The van der Waals surface area contributed by atoms with E-state index in [-0.39, 0.29) is 24.5 Å². The maximum absolute atomic E-state index is 12.8. The summed E-state index contributed by atoms with van der Waals surface area (Å²) in [7, 11) is 0. The lowest BCUT2D eigenvalue weighted by Crippen LogP contribution is -2.48. The molecule has 12 heteroatoms. The third-order valence-electron chi connectivity index (χ3n) is 8.28. The van der Waals surface area contributed by atoms with Crippen LogP contribution in [0.25, 0.3) is 38.6 Å². The molecule has 6 heterocycles. The van der Waals surface area contributed by atoms with Crippen molar-refractivity contribution in [2.24, 2.45) is 0 Å². The van der Waals surface area contributed by atoms with Gasteiger partial charge in [-0.15, -0.1) is 11.3 Å². The van der Waals surface area contributed by atoms with Crippen molar-refractivity contribution in [2.45, 2.75) is 19.4 Å². The quantitative estimate of drug-likeness (QED) is 0.242. The summed E-state index contributed by atoms with van der Waals surface area (Å²) < 4.78 is 6.72. The lowest BCUT2D eigenvalue weighted by Gasteiger charge is -2.34. The van der Waals surface area contributed by atoms with Gasteiger partial charge in [0, 0.05) is 86.9 Å². The number of rotatable bonds is 9. The Morgan fingerprint density at radius 3 is 2.67 bits per heavy atom. The summed E-state index contributed by atoms with van der Waals surface area (Å²) >= 11 is 1.75. The molecular weight excluding hydrogens is 588 g/mol. The molecule has 4 aromatic heterocycles. The molecule has 1 aromatic carbocycles. The monoisotopic (exact) mass is 622 g/mol. The highest BCUT2D eigenvalue weighted by Gasteiger charge is 2.24. The number of morpholine rings is 1. The van der Waals surface area contributed by atoms with Crippen LogP contribution in [0.3, 0.4) is 0 Å². The van der Waals surface area contributed by atoms with Crippen molar-refractivity contribution in [3.05, 3.63) is 71.5 Å². The van der Waals surface area contributed by atoms with Crippen LogP contribution in [-0.2, 0) is 20.9 Å². The van der Waals surface area contributed by atoms with Crippen LogP contribution in [0.15, 0.2) is 61.1 Å². The number of amides is 1. The molecule has 0 spiro atoms. The molecule has 1 N–H and O–H groups in total. The van der Waals surface area contributed by atoms with E-state index in [4.69, 9.17) is 14.7 Å². The zero-order valence-corrected chi connectivity index (χ0v) is 25.7. The summed E-state index contributed by atoms with van der Waals surface area (Å²) in [6, 6.07) is 12.0. The van der Waals surface area contributed by atoms with Crippen molar-refractivity contribution in [1.29, 1.82) is 0 Å². The minimum atomic E-state index is -0.0558. The molecule has 2 fully saturated rings. The molecule has 0 aliphatic carbocycles. The first-order valence-electron chi connectivity index (χ1n) is 15.3. The van der Waals surface area contributed by atoms with E-state index in [1.807, 2.05) is 41.4 Å². The van der Waals surface area contributed by atoms with Crippen LogP contribution in [0.4, 0.5) is 5.82 Å². The molecular formula is C33H34N8O3S. The third-order valence-corrected chi connectivity index (χ3v) is 9.38. The van der Waals surface area contributed by atoms with Gasteiger partial charge in [0.2, 0.25) is 5.91 Å². The number of aromatic nitrogens is 5. The number of H-pyrrole nitrogens is 1. The Labute approximate surface area is 264 Å². The van der Waals surface area contributed by atoms with Crippen molar-refractivity contribution in [3.8, 4) is 11.4 Å². The Morgan fingerprint density at radius 2 is 1.84 bits per heavy atom. The lowest BCUT2D eigenvalue weighted by atomic mass is 10.1. The van der Waals surface area contributed by atoms with Crippen LogP contribution < -0.4 is 4.90 Å². The number of aromatic amines is 1. The van der Waals surface area contributed by atoms with Crippen LogP contribution in [0.2, 0.25) is 0 Å². The number of allylic oxidation sites excluding steroid dienone is 1. The number of benzene rings is 1. The number of ketones is 1. The number of hydrogen-bond acceptors (Lipinski definition) is 10. The highest BCUT2D eigenvalue weighted by atomic mass is 32.1. The van der Waals surface area contributed by atoms with Crippen molar-refractivity contribution in [3.63, 3.8) is 0 Å². The van der Waals surface area contributed by atoms with E-state index in [1.54, 1.807) is 29.8 Å². The molecule has 5 aromatic rings. The van der Waals surface area contributed by atoms with Crippen molar-refractivity contribution < 1.29 is 14.3 Å². The number of piperazine rings is 1. The Kier molecular flexibility index (Phi) is 8.58. The average Bonchev–Trinajstić information content (AvgIpc) is 3.74. The van der Waals surface area contributed by atoms with Gasteiger partial charge in [-0.05, 0) is 35.9 Å². The Hall–Kier alpha value is -4.52. The molecule has 0 unspecified atom stereocenters. The molecule has 11 nitrogen and oxygen atoms in total. The maximum Gasteiger partial charge on any atom is 0.223 e. The van der Waals surface area contributed by atoms with Gasteiger partial charge in [-0.25, -0.2) is 9.97 Å². The summed E-state index contributed by atoms with van der Waals surface area (Å²) in [5, 5.41) is 8.27. The molecule has 0 saturated carbocycles. The van der Waals surface area contributed by atoms with Crippen LogP contribution in [0.5, 0.6) is 0 Å². The van der Waals surface area contributed by atoms with Gasteiger partial charge < -0.3 is 14.5 Å². The Morgan fingerprint density at radius 1 is 0.978 bits per heavy atom. The van der Waals surface area contributed by atoms with E-state index < -0.39 is 0 Å². The largest absolute Gasteiger partial charge is 0.378 e. The highest BCUT2D eigenvalue weighted by molar-refractivity contribution is 7.19. The van der Waals surface area contributed by atoms with E-state index in [0.29, 0.717) is 32.1 Å². The number of ether oxygens (including phenoxy) is 1. The van der Waals surface area contributed by atoms with Gasteiger partial charge in [-0.1, -0.05) is 18.2 Å². The first-order chi connectivity index (χ1) is 22.1. The number of fused-ring (bicyclic) bond motifs is 2. The van der Waals surface area contributed by atoms with Gasteiger partial charge >= 0.3 is 0 Å². The number of hydrogen-bond donors (Lipinski definition) is 1. The summed E-state index contributed by atoms with van der Waals surface area (Å²) in [4.78, 5) is 47.1. The zero-order chi connectivity index (χ0) is 30.6. The second-order valence-corrected chi connectivity index (χ2v) is 12.4. The SMILES string of the molecule is O=C(/C=C/c1cccnc1)CCC(=O)N1CCN(Cc2cc3nc(-c4cccc5[nH]ncc45)nc(N4CCOCC4)c3s2)CC1. The van der Waals surface area contributed by atoms with E-state index in [0.717, 1.165) is 70.8 Å².